The van der Waals surface area contributed by atoms with Gasteiger partial charge in [-0.1, -0.05) is 30.3 Å². The molecule has 178 valence electrons. The molecule has 0 spiro atoms. The molecule has 1 saturated heterocycles. The number of amides is 1. The molecule has 0 bridgehead atoms. The second-order valence-corrected chi connectivity index (χ2v) is 8.42. The lowest BCUT2D eigenvalue weighted by molar-refractivity contribution is -0.132. The van der Waals surface area contributed by atoms with Crippen LogP contribution in [0, 0.1) is 5.82 Å². The van der Waals surface area contributed by atoms with E-state index >= 15 is 0 Å². The number of aryl methyl sites for hydroxylation is 2. The van der Waals surface area contributed by atoms with Gasteiger partial charge >= 0.3 is 0 Å². The molecule has 1 amide bonds. The van der Waals surface area contributed by atoms with E-state index in [0.717, 1.165) is 17.8 Å². The zero-order valence-corrected chi connectivity index (χ0v) is 19.3. The predicted molar refractivity (Wildman–Crippen MR) is 130 cm³/mol. The number of hydrogen-bond donors (Lipinski definition) is 0. The minimum Gasteiger partial charge on any atom is -0.338 e. The first kappa shape index (κ1) is 22.6. The molecule has 0 atom stereocenters. The number of nitrogens with zero attached hydrogens (tertiary/aromatic N) is 7. The van der Waals surface area contributed by atoms with Crippen LogP contribution in [0.2, 0.25) is 0 Å². The van der Waals surface area contributed by atoms with Gasteiger partial charge in [0, 0.05) is 50.6 Å². The van der Waals surface area contributed by atoms with E-state index in [2.05, 4.69) is 32.1 Å². The van der Waals surface area contributed by atoms with Gasteiger partial charge in [-0.3, -0.25) is 4.79 Å². The first-order chi connectivity index (χ1) is 17.2. The third-order valence-corrected chi connectivity index (χ3v) is 6.08. The Morgan fingerprint density at radius 3 is 2.29 bits per heavy atom. The van der Waals surface area contributed by atoms with E-state index < -0.39 is 0 Å². The summed E-state index contributed by atoms with van der Waals surface area (Å²) < 4.78 is 15.1. The highest BCUT2D eigenvalue weighted by atomic mass is 19.1. The molecule has 0 radical (unpaired) electrons. The summed E-state index contributed by atoms with van der Waals surface area (Å²) in [6.07, 6.45) is 4.87. The van der Waals surface area contributed by atoms with Crippen molar-refractivity contribution in [2.24, 2.45) is 0 Å². The van der Waals surface area contributed by atoms with Crippen LogP contribution in [0.4, 0.5) is 10.3 Å². The zero-order chi connectivity index (χ0) is 24.0. The molecule has 8 nitrogen and oxygen atoms in total. The number of hydrogen-bond acceptors (Lipinski definition) is 6. The minimum absolute atomic E-state index is 0.00449. The van der Waals surface area contributed by atoms with Crippen molar-refractivity contribution in [3.8, 4) is 11.4 Å². The molecule has 2 aromatic carbocycles. The van der Waals surface area contributed by atoms with Crippen molar-refractivity contribution in [1.29, 1.82) is 0 Å². The van der Waals surface area contributed by atoms with Crippen molar-refractivity contribution in [2.75, 3.05) is 31.1 Å². The second-order valence-electron chi connectivity index (χ2n) is 8.42. The number of aromatic nitrogens is 5. The van der Waals surface area contributed by atoms with Crippen LogP contribution >= 0.6 is 0 Å². The third-order valence-electron chi connectivity index (χ3n) is 6.08. The Morgan fingerprint density at radius 2 is 1.57 bits per heavy atom. The predicted octanol–water partition coefficient (Wildman–Crippen LogP) is 3.01. The molecule has 5 rings (SSSR count). The first-order valence-electron chi connectivity index (χ1n) is 11.7. The number of carbonyl (C=O) groups is 1. The average Bonchev–Trinajstić information content (AvgIpc) is 3.31. The van der Waals surface area contributed by atoms with Gasteiger partial charge in [-0.05, 0) is 42.3 Å². The fraction of sp³-hybridized carbons (Fsp3) is 0.269. The summed E-state index contributed by atoms with van der Waals surface area (Å²) in [5.41, 5.74) is 1.91. The summed E-state index contributed by atoms with van der Waals surface area (Å²) in [5.74, 6) is 1.59. The van der Waals surface area contributed by atoms with Crippen LogP contribution in [-0.2, 0) is 24.2 Å². The van der Waals surface area contributed by atoms with Crippen LogP contribution in [0.5, 0.6) is 0 Å². The van der Waals surface area contributed by atoms with E-state index in [4.69, 9.17) is 4.98 Å². The van der Waals surface area contributed by atoms with Crippen LogP contribution in [0.15, 0.2) is 73.1 Å². The SMILES string of the molecule is O=C(Cn1nc(-c2ccc(F)cc2)nc1CCc1ccccc1)N1CCN(c2ncccn2)CC1. The van der Waals surface area contributed by atoms with Crippen molar-refractivity contribution >= 4 is 11.9 Å². The molecule has 3 heterocycles. The summed E-state index contributed by atoms with van der Waals surface area (Å²) in [4.78, 5) is 30.4. The summed E-state index contributed by atoms with van der Waals surface area (Å²) >= 11 is 0. The van der Waals surface area contributed by atoms with Crippen LogP contribution < -0.4 is 4.90 Å². The standard InChI is InChI=1S/C26H26FN7O/c27-22-10-8-21(9-11-22)25-30-23(12-7-20-5-2-1-3-6-20)34(31-25)19-24(35)32-15-17-33(18-16-32)26-28-13-4-14-29-26/h1-6,8-11,13-14H,7,12,15-19H2. The van der Waals surface area contributed by atoms with Crippen molar-refractivity contribution in [1.82, 2.24) is 29.6 Å². The highest BCUT2D eigenvalue weighted by Gasteiger charge is 2.24. The molecule has 1 fully saturated rings. The zero-order valence-electron chi connectivity index (χ0n) is 19.3. The Kier molecular flexibility index (Phi) is 6.74. The topological polar surface area (TPSA) is 80.0 Å². The van der Waals surface area contributed by atoms with Gasteiger partial charge < -0.3 is 9.80 Å². The molecule has 0 unspecified atom stereocenters. The molecule has 4 aromatic rings. The molecule has 35 heavy (non-hydrogen) atoms. The molecule has 2 aromatic heterocycles. The lowest BCUT2D eigenvalue weighted by Crippen LogP contribution is -2.50. The summed E-state index contributed by atoms with van der Waals surface area (Å²) in [7, 11) is 0. The number of halogens is 1. The maximum absolute atomic E-state index is 13.4. The van der Waals surface area contributed by atoms with Crippen LogP contribution in [0.1, 0.15) is 11.4 Å². The largest absolute Gasteiger partial charge is 0.338 e. The summed E-state index contributed by atoms with van der Waals surface area (Å²) in [5, 5.41) is 4.62. The van der Waals surface area contributed by atoms with Crippen LogP contribution in [0.25, 0.3) is 11.4 Å². The van der Waals surface area contributed by atoms with Gasteiger partial charge in [-0.2, -0.15) is 5.10 Å². The number of rotatable bonds is 7. The van der Waals surface area contributed by atoms with Crippen molar-refractivity contribution in [3.63, 3.8) is 0 Å². The Hall–Kier alpha value is -4.14. The van der Waals surface area contributed by atoms with Crippen LogP contribution in [0.3, 0.4) is 0 Å². The van der Waals surface area contributed by atoms with Gasteiger partial charge in [0.1, 0.15) is 18.2 Å². The van der Waals surface area contributed by atoms with Crippen LogP contribution in [-0.4, -0.2) is 61.7 Å². The smallest absolute Gasteiger partial charge is 0.244 e. The van der Waals surface area contributed by atoms with Gasteiger partial charge in [-0.25, -0.2) is 24.0 Å². The molecule has 0 aliphatic carbocycles. The second kappa shape index (κ2) is 10.4. The Bertz CT molecular complexity index is 1250. The molecular weight excluding hydrogens is 445 g/mol. The molecule has 1 aliphatic heterocycles. The average molecular weight is 472 g/mol. The number of anilines is 1. The van der Waals surface area contributed by atoms with Crippen molar-refractivity contribution in [2.45, 2.75) is 19.4 Å². The highest BCUT2D eigenvalue weighted by Crippen LogP contribution is 2.18. The molecule has 0 saturated carbocycles. The van der Waals surface area contributed by atoms with Gasteiger partial charge in [0.15, 0.2) is 5.82 Å². The lowest BCUT2D eigenvalue weighted by Gasteiger charge is -2.34. The third kappa shape index (κ3) is 5.51. The molecule has 9 heteroatoms. The van der Waals surface area contributed by atoms with E-state index in [1.165, 1.54) is 17.7 Å². The maximum atomic E-state index is 13.4. The molecule has 0 N–H and O–H groups in total. The van der Waals surface area contributed by atoms with Gasteiger partial charge in [0.25, 0.3) is 0 Å². The molecular formula is C26H26FN7O. The van der Waals surface area contributed by atoms with E-state index in [0.29, 0.717) is 44.4 Å². The van der Waals surface area contributed by atoms with E-state index in [1.807, 2.05) is 23.1 Å². The minimum atomic E-state index is -0.312. The van der Waals surface area contributed by atoms with Crippen molar-refractivity contribution < 1.29 is 9.18 Å². The summed E-state index contributed by atoms with van der Waals surface area (Å²) in [6.45, 7) is 2.65. The van der Waals surface area contributed by atoms with E-state index in [-0.39, 0.29) is 18.3 Å². The van der Waals surface area contributed by atoms with Gasteiger partial charge in [0.05, 0.1) is 0 Å². The van der Waals surface area contributed by atoms with E-state index in [1.54, 1.807) is 35.3 Å². The monoisotopic (exact) mass is 471 g/mol. The van der Waals surface area contributed by atoms with E-state index in [9.17, 15) is 9.18 Å². The fourth-order valence-electron chi connectivity index (χ4n) is 4.15. The quantitative estimate of drug-likeness (QED) is 0.412. The Balaban J connectivity index is 1.29. The normalized spacial score (nSPS) is 13.7. The molecule has 1 aliphatic rings. The Labute approximate surface area is 203 Å². The Morgan fingerprint density at radius 1 is 0.857 bits per heavy atom. The lowest BCUT2D eigenvalue weighted by atomic mass is 10.1. The highest BCUT2D eigenvalue weighted by molar-refractivity contribution is 5.76. The number of carbonyl (C=O) groups excluding carboxylic acids is 1. The van der Waals surface area contributed by atoms with Crippen molar-refractivity contribution in [3.05, 3.63) is 90.3 Å². The maximum Gasteiger partial charge on any atom is 0.244 e. The van der Waals surface area contributed by atoms with Gasteiger partial charge in [-0.15, -0.1) is 0 Å². The first-order valence-corrected chi connectivity index (χ1v) is 11.7. The number of benzene rings is 2. The fourth-order valence-corrected chi connectivity index (χ4v) is 4.15. The summed E-state index contributed by atoms with van der Waals surface area (Å²) in [6, 6.07) is 18.0. The number of piperazine rings is 1. The van der Waals surface area contributed by atoms with Gasteiger partial charge in [0.2, 0.25) is 11.9 Å².